The molecule has 0 aliphatic carbocycles. The molecular weight excluding hydrogens is 541 g/mol. The van der Waals surface area contributed by atoms with Gasteiger partial charge in [0, 0.05) is 47.6 Å². The van der Waals surface area contributed by atoms with Crippen LogP contribution in [0.5, 0.6) is 0 Å². The second kappa shape index (κ2) is 9.59. The molecule has 2 aromatic heterocycles. The molecule has 0 amide bonds. The number of hydrogen-bond donors (Lipinski definition) is 0. The van der Waals surface area contributed by atoms with Gasteiger partial charge in [-0.3, -0.25) is 0 Å². The third kappa shape index (κ3) is 3.72. The quantitative estimate of drug-likeness (QED) is 0.199. The molecule has 0 bridgehead atoms. The molecule has 7 aromatic carbocycles. The SMILES string of the molecule is c1ccc(-c2nc3c4ccccc4c4ccccc4c3nc2-c2ccccc2-c2cccc3c2sc2ccccc23)cc1. The van der Waals surface area contributed by atoms with Crippen LogP contribution in [0.25, 0.3) is 86.4 Å². The molecule has 9 rings (SSSR count). The number of thiophene rings is 1. The number of nitrogens with zero attached hydrogens (tertiary/aromatic N) is 2. The molecule has 0 radical (unpaired) electrons. The smallest absolute Gasteiger partial charge is 0.0979 e. The molecule has 200 valence electrons. The molecular formula is C40H24N2S. The third-order valence-electron chi connectivity index (χ3n) is 8.47. The van der Waals surface area contributed by atoms with Crippen LogP contribution in [-0.2, 0) is 0 Å². The van der Waals surface area contributed by atoms with Crippen LogP contribution in [0.15, 0.2) is 146 Å². The number of rotatable bonds is 3. The van der Waals surface area contributed by atoms with Crippen molar-refractivity contribution >= 4 is 64.1 Å². The monoisotopic (exact) mass is 564 g/mol. The predicted octanol–water partition coefficient (Wildman–Crippen LogP) is 11.3. The van der Waals surface area contributed by atoms with Gasteiger partial charge < -0.3 is 0 Å². The summed E-state index contributed by atoms with van der Waals surface area (Å²) in [4.78, 5) is 11.0. The molecule has 0 fully saturated rings. The van der Waals surface area contributed by atoms with Gasteiger partial charge in [-0.25, -0.2) is 9.97 Å². The number of hydrogen-bond acceptors (Lipinski definition) is 3. The highest BCUT2D eigenvalue weighted by molar-refractivity contribution is 7.26. The van der Waals surface area contributed by atoms with E-state index in [1.165, 1.54) is 36.5 Å². The fourth-order valence-corrected chi connectivity index (χ4v) is 7.76. The molecule has 0 aliphatic heterocycles. The summed E-state index contributed by atoms with van der Waals surface area (Å²) in [6.45, 7) is 0. The normalized spacial score (nSPS) is 11.7. The van der Waals surface area contributed by atoms with E-state index in [2.05, 4.69) is 146 Å². The minimum atomic E-state index is 0.893. The molecule has 2 heterocycles. The third-order valence-corrected chi connectivity index (χ3v) is 9.69. The Hall–Kier alpha value is -5.38. The van der Waals surface area contributed by atoms with Gasteiger partial charge in [0.1, 0.15) is 0 Å². The number of fused-ring (bicyclic) bond motifs is 9. The Morgan fingerprint density at radius 1 is 0.349 bits per heavy atom. The molecule has 0 N–H and O–H groups in total. The molecule has 0 saturated carbocycles. The summed E-state index contributed by atoms with van der Waals surface area (Å²) in [5.41, 5.74) is 8.17. The van der Waals surface area contributed by atoms with Crippen LogP contribution in [0.1, 0.15) is 0 Å². The van der Waals surface area contributed by atoms with Gasteiger partial charge in [0.05, 0.1) is 22.4 Å². The van der Waals surface area contributed by atoms with Gasteiger partial charge in [-0.05, 0) is 22.4 Å². The lowest BCUT2D eigenvalue weighted by Gasteiger charge is -2.17. The predicted molar refractivity (Wildman–Crippen MR) is 184 cm³/mol. The van der Waals surface area contributed by atoms with Gasteiger partial charge in [-0.15, -0.1) is 11.3 Å². The number of benzene rings is 7. The maximum Gasteiger partial charge on any atom is 0.0979 e. The first kappa shape index (κ1) is 24.2. The van der Waals surface area contributed by atoms with Gasteiger partial charge in [-0.2, -0.15) is 0 Å². The average Bonchev–Trinajstić information content (AvgIpc) is 3.47. The largest absolute Gasteiger partial charge is 0.243 e. The first-order valence-electron chi connectivity index (χ1n) is 14.5. The van der Waals surface area contributed by atoms with E-state index in [4.69, 9.17) is 9.97 Å². The Labute approximate surface area is 252 Å². The van der Waals surface area contributed by atoms with E-state index in [1.807, 2.05) is 11.3 Å². The van der Waals surface area contributed by atoms with Crippen LogP contribution in [-0.4, -0.2) is 9.97 Å². The Morgan fingerprint density at radius 2 is 0.860 bits per heavy atom. The van der Waals surface area contributed by atoms with E-state index in [9.17, 15) is 0 Å². The lowest BCUT2D eigenvalue weighted by molar-refractivity contribution is 1.31. The zero-order valence-electron chi connectivity index (χ0n) is 23.2. The molecule has 0 aliphatic rings. The second-order valence-electron chi connectivity index (χ2n) is 10.9. The standard InChI is InChI=1S/C40H24N2S/c1-2-13-25(14-3-1)36-37(42-39-31-20-8-5-16-27(31)26-15-4-7-19-30(26)38(39)41-36)32-21-9-6-17-28(32)33-22-12-23-34-29-18-10-11-24-35(29)43-40(33)34/h1-24H. The zero-order valence-corrected chi connectivity index (χ0v) is 24.0. The summed E-state index contributed by atoms with van der Waals surface area (Å²) in [6.07, 6.45) is 0. The Balaban J connectivity index is 1.41. The molecule has 0 saturated heterocycles. The lowest BCUT2D eigenvalue weighted by atomic mass is 9.93. The van der Waals surface area contributed by atoms with Crippen molar-refractivity contribution in [1.82, 2.24) is 9.97 Å². The first-order valence-corrected chi connectivity index (χ1v) is 15.3. The Morgan fingerprint density at radius 3 is 1.58 bits per heavy atom. The molecule has 0 atom stereocenters. The molecule has 0 spiro atoms. The van der Waals surface area contributed by atoms with Crippen molar-refractivity contribution in [3.05, 3.63) is 146 Å². The van der Waals surface area contributed by atoms with E-state index in [0.29, 0.717) is 0 Å². The minimum absolute atomic E-state index is 0.893. The second-order valence-corrected chi connectivity index (χ2v) is 12.0. The fourth-order valence-electron chi connectivity index (χ4n) is 6.53. The summed E-state index contributed by atoms with van der Waals surface area (Å²) in [5, 5.41) is 7.23. The van der Waals surface area contributed by atoms with Crippen LogP contribution in [0.3, 0.4) is 0 Å². The molecule has 0 unspecified atom stereocenters. The van der Waals surface area contributed by atoms with Gasteiger partial charge in [-0.1, -0.05) is 140 Å². The van der Waals surface area contributed by atoms with Crippen molar-refractivity contribution in [2.75, 3.05) is 0 Å². The summed E-state index contributed by atoms with van der Waals surface area (Å²) in [5.74, 6) is 0. The first-order chi connectivity index (χ1) is 21.3. The summed E-state index contributed by atoms with van der Waals surface area (Å²) in [6, 6.07) is 51.6. The molecule has 9 aromatic rings. The number of aromatic nitrogens is 2. The molecule has 43 heavy (non-hydrogen) atoms. The Bertz CT molecular complexity index is 2510. The maximum atomic E-state index is 5.55. The summed E-state index contributed by atoms with van der Waals surface area (Å²) < 4.78 is 2.60. The van der Waals surface area contributed by atoms with Gasteiger partial charge in [0.2, 0.25) is 0 Å². The van der Waals surface area contributed by atoms with E-state index >= 15 is 0 Å². The van der Waals surface area contributed by atoms with Gasteiger partial charge in [0.15, 0.2) is 0 Å². The van der Waals surface area contributed by atoms with Crippen LogP contribution < -0.4 is 0 Å². The van der Waals surface area contributed by atoms with Crippen LogP contribution in [0, 0.1) is 0 Å². The fraction of sp³-hybridized carbons (Fsp3) is 0. The minimum Gasteiger partial charge on any atom is -0.243 e. The van der Waals surface area contributed by atoms with Crippen molar-refractivity contribution in [2.24, 2.45) is 0 Å². The summed E-state index contributed by atoms with van der Waals surface area (Å²) in [7, 11) is 0. The van der Waals surface area contributed by atoms with Gasteiger partial charge in [0.25, 0.3) is 0 Å². The lowest BCUT2D eigenvalue weighted by Crippen LogP contribution is -1.98. The molecule has 3 heteroatoms. The van der Waals surface area contributed by atoms with E-state index in [-0.39, 0.29) is 0 Å². The highest BCUT2D eigenvalue weighted by Crippen LogP contribution is 2.44. The van der Waals surface area contributed by atoms with Crippen LogP contribution >= 0.6 is 11.3 Å². The zero-order chi connectivity index (χ0) is 28.3. The van der Waals surface area contributed by atoms with Crippen LogP contribution in [0.4, 0.5) is 0 Å². The molecule has 2 nitrogen and oxygen atoms in total. The van der Waals surface area contributed by atoms with E-state index in [0.717, 1.165) is 49.9 Å². The summed E-state index contributed by atoms with van der Waals surface area (Å²) >= 11 is 1.86. The maximum absolute atomic E-state index is 5.55. The van der Waals surface area contributed by atoms with Crippen molar-refractivity contribution in [2.45, 2.75) is 0 Å². The van der Waals surface area contributed by atoms with Crippen molar-refractivity contribution in [3.8, 4) is 33.6 Å². The highest BCUT2D eigenvalue weighted by Gasteiger charge is 2.21. The topological polar surface area (TPSA) is 25.8 Å². The average molecular weight is 565 g/mol. The Kier molecular flexibility index (Phi) is 5.40. The van der Waals surface area contributed by atoms with Crippen molar-refractivity contribution in [1.29, 1.82) is 0 Å². The van der Waals surface area contributed by atoms with Crippen molar-refractivity contribution < 1.29 is 0 Å². The van der Waals surface area contributed by atoms with Gasteiger partial charge >= 0.3 is 0 Å². The van der Waals surface area contributed by atoms with Crippen molar-refractivity contribution in [3.63, 3.8) is 0 Å². The van der Waals surface area contributed by atoms with Crippen LogP contribution in [0.2, 0.25) is 0 Å². The highest BCUT2D eigenvalue weighted by atomic mass is 32.1. The van der Waals surface area contributed by atoms with E-state index in [1.54, 1.807) is 0 Å². The van der Waals surface area contributed by atoms with E-state index < -0.39 is 0 Å².